The number of carbonyl (C=O) groups is 2. The molecule has 138 valence electrons. The van der Waals surface area contributed by atoms with E-state index in [-0.39, 0.29) is 17.5 Å². The predicted octanol–water partition coefficient (Wildman–Crippen LogP) is 3.63. The molecule has 4 heteroatoms. The molecular formula is C21H31NO3. The standard InChI is InChI=1S/C21H31NO3/c1-5-19(23)22-7-6-14(4)20(24)25-21(13(2)3)17-9-15-8-16(11-17)12-18(21)10-15/h5,13,15-18H,1,4,6-12H2,2-3H3,(H,22,23). The van der Waals surface area contributed by atoms with Gasteiger partial charge in [0.1, 0.15) is 5.60 Å². The second-order valence-electron chi connectivity index (χ2n) is 8.55. The zero-order chi connectivity index (χ0) is 18.2. The molecule has 4 aliphatic rings. The normalized spacial score (nSPS) is 35.5. The molecule has 1 N–H and O–H groups in total. The van der Waals surface area contributed by atoms with Gasteiger partial charge in [0.2, 0.25) is 5.91 Å². The van der Waals surface area contributed by atoms with Gasteiger partial charge in [0, 0.05) is 12.1 Å². The maximum atomic E-state index is 12.7. The van der Waals surface area contributed by atoms with Crippen molar-refractivity contribution in [2.75, 3.05) is 6.54 Å². The Morgan fingerprint density at radius 2 is 1.72 bits per heavy atom. The Morgan fingerprint density at radius 3 is 2.20 bits per heavy atom. The number of hydrogen-bond donors (Lipinski definition) is 1. The number of ether oxygens (including phenoxy) is 1. The van der Waals surface area contributed by atoms with E-state index in [1.54, 1.807) is 0 Å². The van der Waals surface area contributed by atoms with E-state index in [9.17, 15) is 9.59 Å². The van der Waals surface area contributed by atoms with Crippen molar-refractivity contribution in [3.8, 4) is 0 Å². The van der Waals surface area contributed by atoms with Crippen molar-refractivity contribution < 1.29 is 14.3 Å². The van der Waals surface area contributed by atoms with Gasteiger partial charge in [0.05, 0.1) is 0 Å². The van der Waals surface area contributed by atoms with Gasteiger partial charge < -0.3 is 10.1 Å². The minimum atomic E-state index is -0.322. The van der Waals surface area contributed by atoms with Gasteiger partial charge in [-0.25, -0.2) is 4.79 Å². The average molecular weight is 345 g/mol. The first kappa shape index (κ1) is 18.2. The first-order valence-corrected chi connectivity index (χ1v) is 9.68. The smallest absolute Gasteiger partial charge is 0.334 e. The Balaban J connectivity index is 1.66. The van der Waals surface area contributed by atoms with Gasteiger partial charge in [-0.2, -0.15) is 0 Å². The maximum absolute atomic E-state index is 12.7. The summed E-state index contributed by atoms with van der Waals surface area (Å²) in [4.78, 5) is 23.9. The van der Waals surface area contributed by atoms with Crippen LogP contribution >= 0.6 is 0 Å². The van der Waals surface area contributed by atoms with Crippen LogP contribution in [0.4, 0.5) is 0 Å². The van der Waals surface area contributed by atoms with Crippen molar-refractivity contribution in [3.63, 3.8) is 0 Å². The predicted molar refractivity (Wildman–Crippen MR) is 97.7 cm³/mol. The average Bonchev–Trinajstić information content (AvgIpc) is 2.56. The number of nitrogens with one attached hydrogen (secondary N) is 1. The molecule has 0 radical (unpaired) electrons. The van der Waals surface area contributed by atoms with E-state index in [4.69, 9.17) is 4.74 Å². The van der Waals surface area contributed by atoms with Gasteiger partial charge in [-0.3, -0.25) is 4.79 Å². The molecule has 0 heterocycles. The summed E-state index contributed by atoms with van der Waals surface area (Å²) in [6.07, 6.45) is 7.85. The quantitative estimate of drug-likeness (QED) is 0.566. The molecule has 0 spiro atoms. The van der Waals surface area contributed by atoms with Crippen LogP contribution in [0.25, 0.3) is 0 Å². The maximum Gasteiger partial charge on any atom is 0.334 e. The molecule has 0 aromatic carbocycles. The Morgan fingerprint density at radius 1 is 1.16 bits per heavy atom. The van der Waals surface area contributed by atoms with Crippen molar-refractivity contribution in [2.45, 2.75) is 58.0 Å². The molecule has 0 aromatic heterocycles. The summed E-state index contributed by atoms with van der Waals surface area (Å²) in [5, 5.41) is 2.68. The van der Waals surface area contributed by atoms with Gasteiger partial charge in [0.25, 0.3) is 0 Å². The van der Waals surface area contributed by atoms with E-state index in [1.807, 2.05) is 0 Å². The summed E-state index contributed by atoms with van der Waals surface area (Å²) < 4.78 is 6.25. The molecule has 4 nitrogen and oxygen atoms in total. The monoisotopic (exact) mass is 345 g/mol. The Labute approximate surface area is 151 Å². The molecule has 4 rings (SSSR count). The van der Waals surface area contributed by atoms with Gasteiger partial charge >= 0.3 is 5.97 Å². The van der Waals surface area contributed by atoms with Gasteiger partial charge in [-0.05, 0) is 74.2 Å². The third kappa shape index (κ3) is 3.28. The highest BCUT2D eigenvalue weighted by atomic mass is 16.6. The molecule has 25 heavy (non-hydrogen) atoms. The molecular weight excluding hydrogens is 314 g/mol. The topological polar surface area (TPSA) is 55.4 Å². The van der Waals surface area contributed by atoms with E-state index in [0.29, 0.717) is 36.3 Å². The van der Waals surface area contributed by atoms with E-state index < -0.39 is 0 Å². The van der Waals surface area contributed by atoms with E-state index in [0.717, 1.165) is 11.8 Å². The van der Waals surface area contributed by atoms with Crippen molar-refractivity contribution >= 4 is 11.9 Å². The number of rotatable bonds is 7. The minimum Gasteiger partial charge on any atom is -0.455 e. The van der Waals surface area contributed by atoms with Crippen LogP contribution in [0.2, 0.25) is 0 Å². The Bertz CT molecular complexity index is 550. The van der Waals surface area contributed by atoms with Crippen LogP contribution in [0.3, 0.4) is 0 Å². The van der Waals surface area contributed by atoms with Gasteiger partial charge in [0.15, 0.2) is 0 Å². The zero-order valence-corrected chi connectivity index (χ0v) is 15.6. The molecule has 4 bridgehead atoms. The fourth-order valence-corrected chi connectivity index (χ4v) is 5.89. The molecule has 4 fully saturated rings. The molecule has 1 amide bonds. The third-order valence-electron chi connectivity index (χ3n) is 6.79. The first-order chi connectivity index (χ1) is 11.9. The summed E-state index contributed by atoms with van der Waals surface area (Å²) in [6, 6.07) is 0. The molecule has 0 aliphatic heterocycles. The van der Waals surface area contributed by atoms with Crippen LogP contribution in [0.15, 0.2) is 24.8 Å². The van der Waals surface area contributed by atoms with Gasteiger partial charge in [-0.1, -0.05) is 27.0 Å². The molecule has 0 atom stereocenters. The molecule has 4 saturated carbocycles. The van der Waals surface area contributed by atoms with Gasteiger partial charge in [-0.15, -0.1) is 0 Å². The second kappa shape index (κ2) is 6.97. The Hall–Kier alpha value is -1.58. The van der Waals surface area contributed by atoms with Crippen molar-refractivity contribution in [3.05, 3.63) is 24.8 Å². The Kier molecular flexibility index (Phi) is 5.08. The molecule has 4 aliphatic carbocycles. The highest BCUT2D eigenvalue weighted by molar-refractivity contribution is 5.89. The number of hydrogen-bond acceptors (Lipinski definition) is 3. The summed E-state index contributed by atoms with van der Waals surface area (Å²) in [6.45, 7) is 12.1. The van der Waals surface area contributed by atoms with Crippen molar-refractivity contribution in [2.24, 2.45) is 29.6 Å². The lowest BCUT2D eigenvalue weighted by Gasteiger charge is -2.61. The van der Waals surface area contributed by atoms with E-state index in [1.165, 1.54) is 38.2 Å². The number of carbonyl (C=O) groups excluding carboxylic acids is 2. The van der Waals surface area contributed by atoms with Crippen LogP contribution < -0.4 is 5.32 Å². The van der Waals surface area contributed by atoms with Crippen LogP contribution in [0.5, 0.6) is 0 Å². The third-order valence-corrected chi connectivity index (χ3v) is 6.79. The molecule has 0 saturated heterocycles. The zero-order valence-electron chi connectivity index (χ0n) is 15.6. The summed E-state index contributed by atoms with van der Waals surface area (Å²) in [5.41, 5.74) is 0.121. The van der Waals surface area contributed by atoms with Crippen LogP contribution in [-0.2, 0) is 14.3 Å². The number of esters is 1. The van der Waals surface area contributed by atoms with Crippen molar-refractivity contribution in [1.82, 2.24) is 5.32 Å². The molecule has 0 aromatic rings. The fourth-order valence-electron chi connectivity index (χ4n) is 5.89. The summed E-state index contributed by atoms with van der Waals surface area (Å²) in [7, 11) is 0. The highest BCUT2D eigenvalue weighted by Crippen LogP contribution is 2.61. The fraction of sp³-hybridized carbons (Fsp3) is 0.714. The van der Waals surface area contributed by atoms with E-state index in [2.05, 4.69) is 32.3 Å². The SMILES string of the molecule is C=CC(=O)NCCC(=C)C(=O)OC1(C(C)C)C2CC3CC(C2)CC1C3. The van der Waals surface area contributed by atoms with E-state index >= 15 is 0 Å². The highest BCUT2D eigenvalue weighted by Gasteiger charge is 2.60. The summed E-state index contributed by atoms with van der Waals surface area (Å²) >= 11 is 0. The lowest BCUT2D eigenvalue weighted by molar-refractivity contribution is -0.221. The summed E-state index contributed by atoms with van der Waals surface area (Å²) in [5.74, 6) is 2.48. The van der Waals surface area contributed by atoms with Crippen molar-refractivity contribution in [1.29, 1.82) is 0 Å². The minimum absolute atomic E-state index is 0.235. The number of amides is 1. The molecule has 0 unspecified atom stereocenters. The van der Waals surface area contributed by atoms with Crippen LogP contribution in [0, 0.1) is 29.6 Å². The lowest BCUT2D eigenvalue weighted by atomic mass is 9.47. The first-order valence-electron chi connectivity index (χ1n) is 9.68. The van der Waals surface area contributed by atoms with Crippen LogP contribution in [-0.4, -0.2) is 24.0 Å². The van der Waals surface area contributed by atoms with Crippen LogP contribution in [0.1, 0.15) is 52.4 Å². The largest absolute Gasteiger partial charge is 0.455 e. The lowest BCUT2D eigenvalue weighted by Crippen LogP contribution is -2.62. The second-order valence-corrected chi connectivity index (χ2v) is 8.55.